The Bertz CT molecular complexity index is 3710. The van der Waals surface area contributed by atoms with Crippen LogP contribution in [0.4, 0.5) is 0 Å². The van der Waals surface area contributed by atoms with E-state index in [1.807, 2.05) is 6.07 Å². The Morgan fingerprint density at radius 1 is 0.258 bits per heavy atom. The van der Waals surface area contributed by atoms with Gasteiger partial charge < -0.3 is 8.83 Å². The fourth-order valence-electron chi connectivity index (χ4n) is 10.9. The van der Waals surface area contributed by atoms with Gasteiger partial charge in [0, 0.05) is 21.5 Å². The third kappa shape index (κ3) is 5.51. The van der Waals surface area contributed by atoms with Gasteiger partial charge in [0.05, 0.1) is 0 Å². The van der Waals surface area contributed by atoms with Gasteiger partial charge in [-0.05, 0) is 109 Å². The SMILES string of the molecule is Bc1c(B)c(B)c(-c2ccc3c(-c4cccc5oc6ccccc6c45)c4cc(-c5c(B)c(B)c(B)c(B)c5B)ccc4c(-c4ccc5c(c4)oc4ccccc45)c3c2)c(B)c1B. The highest BCUT2D eigenvalue weighted by atomic mass is 16.3. The molecule has 0 fully saturated rings. The Morgan fingerprint density at radius 2 is 0.661 bits per heavy atom. The van der Waals surface area contributed by atoms with Crippen molar-refractivity contribution >= 4 is 199 Å². The van der Waals surface area contributed by atoms with E-state index in [-0.39, 0.29) is 0 Å². The lowest BCUT2D eigenvalue weighted by Gasteiger charge is -2.24. The summed E-state index contributed by atoms with van der Waals surface area (Å²) >= 11 is 0. The summed E-state index contributed by atoms with van der Waals surface area (Å²) in [6, 6.07) is 44.7. The number of hydrogen-bond acceptors (Lipinski definition) is 2. The van der Waals surface area contributed by atoms with Gasteiger partial charge in [-0.15, -0.1) is 32.8 Å². The van der Waals surface area contributed by atoms with E-state index < -0.39 is 0 Å². The van der Waals surface area contributed by atoms with Gasteiger partial charge in [0.25, 0.3) is 0 Å². The van der Waals surface area contributed by atoms with Crippen molar-refractivity contribution in [2.24, 2.45) is 0 Å². The molecule has 0 saturated heterocycles. The molecule has 2 heterocycles. The maximum atomic E-state index is 6.60. The van der Waals surface area contributed by atoms with E-state index in [1.54, 1.807) is 0 Å². The van der Waals surface area contributed by atoms with Crippen LogP contribution in [0.25, 0.3) is 110 Å². The van der Waals surface area contributed by atoms with Gasteiger partial charge in [-0.3, -0.25) is 0 Å². The number of furan rings is 2. The molecule has 0 saturated carbocycles. The van der Waals surface area contributed by atoms with Gasteiger partial charge in [0.15, 0.2) is 0 Å². The minimum absolute atomic E-state index is 0.893. The van der Waals surface area contributed by atoms with Gasteiger partial charge in [-0.1, -0.05) is 101 Å². The van der Waals surface area contributed by atoms with Crippen LogP contribution in [0.5, 0.6) is 0 Å². The molecule has 11 rings (SSSR count). The smallest absolute Gasteiger partial charge is 0.139 e. The molecule has 282 valence electrons. The molecule has 0 aliphatic carbocycles. The van der Waals surface area contributed by atoms with E-state index >= 15 is 0 Å². The van der Waals surface area contributed by atoms with Gasteiger partial charge in [0.1, 0.15) is 101 Å². The van der Waals surface area contributed by atoms with Crippen molar-refractivity contribution in [1.29, 1.82) is 0 Å². The first-order valence-electron chi connectivity index (χ1n) is 21.9. The van der Waals surface area contributed by atoms with Gasteiger partial charge >= 0.3 is 0 Å². The van der Waals surface area contributed by atoms with Gasteiger partial charge in [-0.2, -0.15) is 0 Å². The highest BCUT2D eigenvalue weighted by Gasteiger charge is 2.24. The summed E-state index contributed by atoms with van der Waals surface area (Å²) in [6.45, 7) is 0. The van der Waals surface area contributed by atoms with Crippen LogP contribution >= 0.6 is 0 Å². The standard InChI is InChI=1S/C50H40B10O2/c51-41-37(42(52)46(56)49(59)45(41)55)21-14-17-27-30(18-21)36(23-12-15-25-24-6-1-3-9-32(24)62-35(25)20-23)26-16-13-22(38-43(53)47(57)50(60)48(58)44(38)54)19-31(26)39(27)29-8-5-11-34-40(29)28-7-2-4-10-33(28)61-34/h1-20H,51-60H2. The van der Waals surface area contributed by atoms with Crippen molar-refractivity contribution in [3.63, 3.8) is 0 Å². The first-order valence-corrected chi connectivity index (χ1v) is 21.9. The third-order valence-corrected chi connectivity index (χ3v) is 15.0. The highest BCUT2D eigenvalue weighted by molar-refractivity contribution is 6.70. The van der Waals surface area contributed by atoms with Crippen LogP contribution in [0.15, 0.2) is 130 Å². The molecule has 12 heteroatoms. The number of rotatable bonds is 4. The third-order valence-electron chi connectivity index (χ3n) is 15.0. The van der Waals surface area contributed by atoms with Crippen LogP contribution in [-0.2, 0) is 0 Å². The van der Waals surface area contributed by atoms with Crippen molar-refractivity contribution in [2.75, 3.05) is 0 Å². The van der Waals surface area contributed by atoms with Gasteiger partial charge in [-0.25, -0.2) is 0 Å². The van der Waals surface area contributed by atoms with E-state index in [4.69, 9.17) is 8.83 Å². The Hall–Kier alpha value is -6.25. The lowest BCUT2D eigenvalue weighted by molar-refractivity contribution is 0.668. The minimum atomic E-state index is 0.893. The van der Waals surface area contributed by atoms with Crippen LogP contribution in [0, 0.1) is 0 Å². The Morgan fingerprint density at radius 3 is 1.24 bits per heavy atom. The second-order valence-electron chi connectivity index (χ2n) is 17.9. The molecule has 2 aromatic heterocycles. The zero-order chi connectivity index (χ0) is 42.9. The number of benzene rings is 9. The van der Waals surface area contributed by atoms with Gasteiger partial charge in [0.2, 0.25) is 0 Å². The molecule has 0 radical (unpaired) electrons. The van der Waals surface area contributed by atoms with Crippen LogP contribution in [0.2, 0.25) is 0 Å². The summed E-state index contributed by atoms with van der Waals surface area (Å²) in [5, 5.41) is 9.36. The Labute approximate surface area is 371 Å². The molecule has 0 spiro atoms. The van der Waals surface area contributed by atoms with E-state index in [1.165, 1.54) is 115 Å². The monoisotopic (exact) mass is 782 g/mol. The lowest BCUT2D eigenvalue weighted by atomic mass is 9.59. The number of hydrogen-bond donors (Lipinski definition) is 0. The van der Waals surface area contributed by atoms with E-state index in [2.05, 4.69) is 194 Å². The zero-order valence-electron chi connectivity index (χ0n) is 37.4. The largest absolute Gasteiger partial charge is 0.456 e. The number of para-hydroxylation sites is 2. The van der Waals surface area contributed by atoms with Crippen LogP contribution in [-0.4, -0.2) is 78.5 Å². The fourth-order valence-corrected chi connectivity index (χ4v) is 10.9. The molecular weight excluding hydrogens is 741 g/mol. The summed E-state index contributed by atoms with van der Waals surface area (Å²) in [5.74, 6) is 0. The van der Waals surface area contributed by atoms with Crippen molar-refractivity contribution in [3.05, 3.63) is 121 Å². The Kier molecular flexibility index (Phi) is 8.82. The van der Waals surface area contributed by atoms with Crippen LogP contribution in [0.3, 0.4) is 0 Å². The van der Waals surface area contributed by atoms with E-state index in [0.29, 0.717) is 0 Å². The van der Waals surface area contributed by atoms with Crippen molar-refractivity contribution in [1.82, 2.24) is 0 Å². The molecule has 11 aromatic rings. The zero-order valence-corrected chi connectivity index (χ0v) is 37.4. The molecule has 0 amide bonds. The minimum Gasteiger partial charge on any atom is -0.456 e. The molecule has 0 N–H and O–H groups in total. The topological polar surface area (TPSA) is 26.3 Å². The molecule has 0 aliphatic rings. The molecule has 0 unspecified atom stereocenters. The molecule has 0 atom stereocenters. The summed E-state index contributed by atoms with van der Waals surface area (Å²) in [4.78, 5) is 0. The fraction of sp³-hybridized carbons (Fsp3) is 0. The highest BCUT2D eigenvalue weighted by Crippen LogP contribution is 2.49. The van der Waals surface area contributed by atoms with Crippen molar-refractivity contribution in [3.8, 4) is 44.5 Å². The van der Waals surface area contributed by atoms with E-state index in [0.717, 1.165) is 49.4 Å². The Balaban J connectivity index is 1.34. The normalized spacial score (nSPS) is 11.9. The summed E-state index contributed by atoms with van der Waals surface area (Å²) < 4.78 is 13.2. The number of fused-ring (bicyclic) bond motifs is 8. The second kappa shape index (κ2) is 14.1. The quantitative estimate of drug-likeness (QED) is 0.141. The summed E-state index contributed by atoms with van der Waals surface area (Å²) in [7, 11) is 22.8. The van der Waals surface area contributed by atoms with Crippen molar-refractivity contribution in [2.45, 2.75) is 0 Å². The maximum Gasteiger partial charge on any atom is 0.139 e. The maximum absolute atomic E-state index is 6.60. The van der Waals surface area contributed by atoms with Crippen LogP contribution in [0.1, 0.15) is 0 Å². The first-order chi connectivity index (χ1) is 29.9. The van der Waals surface area contributed by atoms with Crippen LogP contribution < -0.4 is 54.6 Å². The van der Waals surface area contributed by atoms with Crippen molar-refractivity contribution < 1.29 is 8.83 Å². The molecule has 9 aromatic carbocycles. The first kappa shape index (κ1) is 38.7. The van der Waals surface area contributed by atoms with E-state index in [9.17, 15) is 0 Å². The summed E-state index contributed by atoms with van der Waals surface area (Å²) in [6.07, 6.45) is 0. The average molecular weight is 781 g/mol. The second-order valence-corrected chi connectivity index (χ2v) is 17.9. The molecule has 0 bridgehead atoms. The predicted octanol–water partition coefficient (Wildman–Crippen LogP) is -2.96. The molecular formula is C50H40B10O2. The average Bonchev–Trinajstić information content (AvgIpc) is 3.86. The summed E-state index contributed by atoms with van der Waals surface area (Å²) in [5.41, 5.74) is 27.0. The molecule has 0 aliphatic heterocycles. The molecule has 2 nitrogen and oxygen atoms in total. The predicted molar refractivity (Wildman–Crippen MR) is 300 cm³/mol. The lowest BCUT2D eigenvalue weighted by Crippen LogP contribution is -2.55. The molecule has 62 heavy (non-hydrogen) atoms.